The number of nitrogens with zero attached hydrogens (tertiary/aromatic N) is 3. The molecule has 2 aliphatic rings. The highest BCUT2D eigenvalue weighted by Crippen LogP contribution is 2.25. The molecule has 0 aliphatic carbocycles. The van der Waals surface area contributed by atoms with Crippen LogP contribution in [0.2, 0.25) is 0 Å². The Labute approximate surface area is 151 Å². The van der Waals surface area contributed by atoms with Gasteiger partial charge >= 0.3 is 0 Å². The molecule has 2 bridgehead atoms. The number of ether oxygens (including phenoxy) is 1. The molecule has 0 unspecified atom stereocenters. The summed E-state index contributed by atoms with van der Waals surface area (Å²) in [6.45, 7) is 8.38. The molecule has 2 atom stereocenters. The zero-order valence-electron chi connectivity index (χ0n) is 14.6. The van der Waals surface area contributed by atoms with Crippen LogP contribution >= 0.6 is 11.3 Å². The van der Waals surface area contributed by atoms with Gasteiger partial charge in [-0.05, 0) is 36.2 Å². The van der Waals surface area contributed by atoms with E-state index in [1.54, 1.807) is 18.3 Å². The smallest absolute Gasteiger partial charge is 0.259 e. The van der Waals surface area contributed by atoms with Crippen LogP contribution in [0.15, 0.2) is 21.3 Å². The van der Waals surface area contributed by atoms with Gasteiger partial charge < -0.3 is 14.2 Å². The first-order chi connectivity index (χ1) is 12.1. The molecule has 0 radical (unpaired) electrons. The predicted octanol–water partition coefficient (Wildman–Crippen LogP) is 2.33. The van der Waals surface area contributed by atoms with Crippen molar-refractivity contribution >= 4 is 17.2 Å². The minimum absolute atomic E-state index is 0.0223. The second-order valence-corrected chi connectivity index (χ2v) is 7.82. The molecule has 2 aromatic rings. The normalized spacial score (nSPS) is 24.3. The van der Waals surface area contributed by atoms with Gasteiger partial charge in [0.15, 0.2) is 0 Å². The molecule has 0 spiro atoms. The molecule has 2 aromatic heterocycles. The average Bonchev–Trinajstić information content (AvgIpc) is 3.08. The Bertz CT molecular complexity index is 723. The summed E-state index contributed by atoms with van der Waals surface area (Å²) in [7, 11) is 0. The summed E-state index contributed by atoms with van der Waals surface area (Å²) in [6, 6.07) is 2.24. The first-order valence-corrected chi connectivity index (χ1v) is 9.61. The van der Waals surface area contributed by atoms with Gasteiger partial charge in [-0.25, -0.2) is 0 Å². The number of thiophene rings is 1. The molecule has 0 aromatic carbocycles. The monoisotopic (exact) mass is 361 g/mol. The zero-order valence-corrected chi connectivity index (χ0v) is 15.4. The second kappa shape index (κ2) is 6.90. The van der Waals surface area contributed by atoms with Gasteiger partial charge in [-0.3, -0.25) is 9.69 Å². The maximum atomic E-state index is 13.2. The quantitative estimate of drug-likeness (QED) is 0.840. The maximum absolute atomic E-state index is 13.2. The van der Waals surface area contributed by atoms with E-state index >= 15 is 0 Å². The van der Waals surface area contributed by atoms with Crippen LogP contribution in [0.25, 0.3) is 0 Å². The van der Waals surface area contributed by atoms with Crippen LogP contribution in [0, 0.1) is 19.8 Å². The molecule has 0 saturated carbocycles. The Morgan fingerprint density at radius 2 is 2.20 bits per heavy atom. The molecule has 2 aliphatic heterocycles. The third kappa shape index (κ3) is 3.36. The van der Waals surface area contributed by atoms with Crippen molar-refractivity contribution in [3.63, 3.8) is 0 Å². The molecule has 2 saturated heterocycles. The molecule has 7 heteroatoms. The number of carbonyl (C=O) groups is 1. The van der Waals surface area contributed by atoms with E-state index in [2.05, 4.69) is 26.9 Å². The lowest BCUT2D eigenvalue weighted by molar-refractivity contribution is 0.0423. The van der Waals surface area contributed by atoms with Crippen LogP contribution in [-0.2, 0) is 11.3 Å². The van der Waals surface area contributed by atoms with E-state index in [4.69, 9.17) is 9.26 Å². The molecule has 25 heavy (non-hydrogen) atoms. The van der Waals surface area contributed by atoms with Crippen molar-refractivity contribution in [1.29, 1.82) is 0 Å². The number of aryl methyl sites for hydroxylation is 2. The lowest BCUT2D eigenvalue weighted by Crippen LogP contribution is -2.46. The van der Waals surface area contributed by atoms with Crippen molar-refractivity contribution in [3.05, 3.63) is 39.4 Å². The number of amides is 1. The van der Waals surface area contributed by atoms with Crippen molar-refractivity contribution in [3.8, 4) is 0 Å². The molecule has 6 nitrogen and oxygen atoms in total. The molecule has 0 N–H and O–H groups in total. The van der Waals surface area contributed by atoms with Gasteiger partial charge in [0.1, 0.15) is 11.3 Å². The van der Waals surface area contributed by atoms with E-state index in [-0.39, 0.29) is 11.9 Å². The number of rotatable bonds is 3. The zero-order chi connectivity index (χ0) is 17.4. The van der Waals surface area contributed by atoms with Gasteiger partial charge in [0.25, 0.3) is 5.91 Å². The van der Waals surface area contributed by atoms with Crippen molar-refractivity contribution in [1.82, 2.24) is 15.0 Å². The van der Waals surface area contributed by atoms with Crippen LogP contribution in [-0.4, -0.2) is 59.8 Å². The molecular weight excluding hydrogens is 338 g/mol. The van der Waals surface area contributed by atoms with Gasteiger partial charge in [0.2, 0.25) is 0 Å². The highest BCUT2D eigenvalue weighted by molar-refractivity contribution is 7.07. The standard InChI is InChI=1S/C18H23N3O3S/c1-12-17(13(2)24-19-12)18(22)21-7-15-6-20(5-14-3-4-25-11-14)8-16(21)10-23-9-15/h3-4,11,15-16H,5-10H2,1-2H3/t15-,16-/m0/s1. The van der Waals surface area contributed by atoms with Gasteiger partial charge in [0, 0.05) is 32.1 Å². The largest absolute Gasteiger partial charge is 0.379 e. The lowest BCUT2D eigenvalue weighted by Gasteiger charge is -2.31. The summed E-state index contributed by atoms with van der Waals surface area (Å²) in [5.41, 5.74) is 2.61. The molecule has 4 heterocycles. The summed E-state index contributed by atoms with van der Waals surface area (Å²) < 4.78 is 11.0. The minimum Gasteiger partial charge on any atom is -0.379 e. The SMILES string of the molecule is Cc1noc(C)c1C(=O)N1C[C@H]2COC[C@@H]1CN(Cc1ccsc1)C2. The number of fused-ring (bicyclic) bond motifs is 3. The van der Waals surface area contributed by atoms with E-state index in [1.165, 1.54) is 5.56 Å². The van der Waals surface area contributed by atoms with E-state index in [1.807, 2.05) is 11.8 Å². The van der Waals surface area contributed by atoms with E-state index in [0.717, 1.165) is 26.2 Å². The lowest BCUT2D eigenvalue weighted by atomic mass is 10.1. The predicted molar refractivity (Wildman–Crippen MR) is 94.7 cm³/mol. The number of hydrogen-bond donors (Lipinski definition) is 0. The fourth-order valence-electron chi connectivity index (χ4n) is 3.89. The first-order valence-electron chi connectivity index (χ1n) is 8.67. The summed E-state index contributed by atoms with van der Waals surface area (Å²) in [5, 5.41) is 8.26. The fourth-order valence-corrected chi connectivity index (χ4v) is 4.55. The van der Waals surface area contributed by atoms with Crippen LogP contribution in [0.4, 0.5) is 0 Å². The summed E-state index contributed by atoms with van der Waals surface area (Å²) in [4.78, 5) is 17.6. The Hall–Kier alpha value is -1.70. The Kier molecular flexibility index (Phi) is 4.62. The molecule has 4 rings (SSSR count). The summed E-state index contributed by atoms with van der Waals surface area (Å²) in [5.74, 6) is 0.946. The van der Waals surface area contributed by atoms with Crippen molar-refractivity contribution in [2.75, 3.05) is 32.8 Å². The third-order valence-corrected chi connectivity index (χ3v) is 5.77. The molecule has 2 fully saturated rings. The van der Waals surface area contributed by atoms with Crippen LogP contribution < -0.4 is 0 Å². The number of aromatic nitrogens is 1. The van der Waals surface area contributed by atoms with E-state index in [9.17, 15) is 4.79 Å². The van der Waals surface area contributed by atoms with Crippen molar-refractivity contribution in [2.24, 2.45) is 5.92 Å². The van der Waals surface area contributed by atoms with Gasteiger partial charge in [-0.2, -0.15) is 11.3 Å². The van der Waals surface area contributed by atoms with Gasteiger partial charge in [-0.1, -0.05) is 5.16 Å². The molecule has 134 valence electrons. The minimum atomic E-state index is 0.0223. The Morgan fingerprint density at radius 3 is 2.92 bits per heavy atom. The average molecular weight is 361 g/mol. The number of hydrogen-bond acceptors (Lipinski definition) is 6. The van der Waals surface area contributed by atoms with Crippen LogP contribution in [0.5, 0.6) is 0 Å². The van der Waals surface area contributed by atoms with Crippen molar-refractivity contribution < 1.29 is 14.1 Å². The molecule has 1 amide bonds. The first kappa shape index (κ1) is 16.8. The summed E-state index contributed by atoms with van der Waals surface area (Å²) >= 11 is 1.73. The highest BCUT2D eigenvalue weighted by Gasteiger charge is 2.37. The topological polar surface area (TPSA) is 58.8 Å². The maximum Gasteiger partial charge on any atom is 0.259 e. The second-order valence-electron chi connectivity index (χ2n) is 7.04. The van der Waals surface area contributed by atoms with Gasteiger partial charge in [-0.15, -0.1) is 0 Å². The van der Waals surface area contributed by atoms with E-state index < -0.39 is 0 Å². The molecular formula is C18H23N3O3S. The van der Waals surface area contributed by atoms with Crippen LogP contribution in [0.3, 0.4) is 0 Å². The van der Waals surface area contributed by atoms with Gasteiger partial charge in [0.05, 0.1) is 24.9 Å². The van der Waals surface area contributed by atoms with Crippen LogP contribution in [0.1, 0.15) is 27.4 Å². The van der Waals surface area contributed by atoms with Crippen molar-refractivity contribution in [2.45, 2.75) is 26.4 Å². The fraction of sp³-hybridized carbons (Fsp3) is 0.556. The number of carbonyl (C=O) groups excluding carboxylic acids is 1. The summed E-state index contributed by atoms with van der Waals surface area (Å²) in [6.07, 6.45) is 0. The van der Waals surface area contributed by atoms with E-state index in [0.29, 0.717) is 36.1 Å². The third-order valence-electron chi connectivity index (χ3n) is 5.04. The Morgan fingerprint density at radius 1 is 1.32 bits per heavy atom. The Balaban J connectivity index is 1.57. The highest BCUT2D eigenvalue weighted by atomic mass is 32.1.